The highest BCUT2D eigenvalue weighted by Crippen LogP contribution is 2.18. The lowest BCUT2D eigenvalue weighted by Crippen LogP contribution is -2.37. The Kier molecular flexibility index (Phi) is 7.24. The summed E-state index contributed by atoms with van der Waals surface area (Å²) in [5.41, 5.74) is 1.78. The molecule has 1 aliphatic rings. The van der Waals surface area contributed by atoms with E-state index in [1.54, 1.807) is 30.3 Å². The van der Waals surface area contributed by atoms with Gasteiger partial charge in [-0.1, -0.05) is 18.2 Å². The van der Waals surface area contributed by atoms with Crippen molar-refractivity contribution >= 4 is 34.0 Å². The summed E-state index contributed by atoms with van der Waals surface area (Å²) in [6.07, 6.45) is 2.15. The minimum absolute atomic E-state index is 0. The molecule has 1 atom stereocenters. The van der Waals surface area contributed by atoms with Crippen molar-refractivity contribution in [3.63, 3.8) is 0 Å². The molecule has 146 valence electrons. The van der Waals surface area contributed by atoms with Crippen LogP contribution in [0.1, 0.15) is 28.8 Å². The van der Waals surface area contributed by atoms with Gasteiger partial charge in [-0.3, -0.25) is 9.52 Å². The largest absolute Gasteiger partial charge is 0.350 e. The molecule has 6 nitrogen and oxygen atoms in total. The first-order valence-electron chi connectivity index (χ1n) is 8.65. The number of rotatable bonds is 6. The third-order valence-electron chi connectivity index (χ3n) is 4.35. The van der Waals surface area contributed by atoms with Crippen LogP contribution in [-0.2, 0) is 10.0 Å². The maximum atomic E-state index is 12.6. The molecule has 1 amide bonds. The molecule has 8 heteroatoms. The van der Waals surface area contributed by atoms with Crippen LogP contribution in [0, 0.1) is 6.92 Å². The van der Waals surface area contributed by atoms with Gasteiger partial charge in [0, 0.05) is 23.8 Å². The standard InChI is InChI=1S/C19H23N3O3S.ClH/c1-14-5-2-7-16(11-14)22-26(24,25)18-9-3-6-15(12-18)19(23)21-13-17-8-4-10-20-17;/h2-3,5-7,9,11-12,17,20,22H,4,8,10,13H2,1H3,(H,21,23);1H. The molecule has 0 aliphatic carbocycles. The lowest BCUT2D eigenvalue weighted by atomic mass is 10.2. The van der Waals surface area contributed by atoms with E-state index in [1.807, 2.05) is 13.0 Å². The van der Waals surface area contributed by atoms with Crippen LogP contribution in [0.2, 0.25) is 0 Å². The Labute approximate surface area is 166 Å². The third kappa shape index (κ3) is 5.69. The van der Waals surface area contributed by atoms with Crippen LogP contribution in [0.3, 0.4) is 0 Å². The molecule has 1 heterocycles. The molecule has 1 fully saturated rings. The first-order chi connectivity index (χ1) is 12.4. The van der Waals surface area contributed by atoms with E-state index in [0.717, 1.165) is 24.9 Å². The van der Waals surface area contributed by atoms with Crippen molar-refractivity contribution in [3.8, 4) is 0 Å². The van der Waals surface area contributed by atoms with Crippen LogP contribution in [0.15, 0.2) is 53.4 Å². The van der Waals surface area contributed by atoms with E-state index >= 15 is 0 Å². The van der Waals surface area contributed by atoms with E-state index in [2.05, 4.69) is 15.4 Å². The van der Waals surface area contributed by atoms with E-state index < -0.39 is 10.0 Å². The van der Waals surface area contributed by atoms with Crippen LogP contribution in [0.5, 0.6) is 0 Å². The molecule has 0 saturated carbocycles. The fourth-order valence-corrected chi connectivity index (χ4v) is 4.07. The summed E-state index contributed by atoms with van der Waals surface area (Å²) in [5, 5.41) is 6.17. The summed E-state index contributed by atoms with van der Waals surface area (Å²) in [7, 11) is -3.76. The van der Waals surface area contributed by atoms with Crippen LogP contribution in [0.4, 0.5) is 5.69 Å². The number of aryl methyl sites for hydroxylation is 1. The number of anilines is 1. The first-order valence-corrected chi connectivity index (χ1v) is 10.1. The van der Waals surface area contributed by atoms with Crippen molar-refractivity contribution < 1.29 is 13.2 Å². The summed E-state index contributed by atoms with van der Waals surface area (Å²) in [6, 6.07) is 13.5. The highest BCUT2D eigenvalue weighted by atomic mass is 35.5. The quantitative estimate of drug-likeness (QED) is 0.684. The second-order valence-electron chi connectivity index (χ2n) is 6.51. The number of benzene rings is 2. The van der Waals surface area contributed by atoms with Gasteiger partial charge in [0.25, 0.3) is 15.9 Å². The maximum absolute atomic E-state index is 12.6. The topological polar surface area (TPSA) is 87.3 Å². The normalized spacial score (nSPS) is 16.4. The smallest absolute Gasteiger partial charge is 0.261 e. The zero-order valence-corrected chi connectivity index (χ0v) is 16.7. The Balaban J connectivity index is 0.00000261. The Morgan fingerprint density at radius 2 is 1.96 bits per heavy atom. The fraction of sp³-hybridized carbons (Fsp3) is 0.316. The number of nitrogens with one attached hydrogen (secondary N) is 3. The number of hydrogen-bond donors (Lipinski definition) is 3. The number of carbonyl (C=O) groups excluding carboxylic acids is 1. The minimum Gasteiger partial charge on any atom is -0.350 e. The van der Waals surface area contributed by atoms with Crippen molar-refractivity contribution in [2.24, 2.45) is 0 Å². The maximum Gasteiger partial charge on any atom is 0.261 e. The molecule has 1 saturated heterocycles. The monoisotopic (exact) mass is 409 g/mol. The third-order valence-corrected chi connectivity index (χ3v) is 5.73. The van der Waals surface area contributed by atoms with Gasteiger partial charge in [0.1, 0.15) is 0 Å². The highest BCUT2D eigenvalue weighted by Gasteiger charge is 2.18. The van der Waals surface area contributed by atoms with Crippen molar-refractivity contribution in [1.29, 1.82) is 0 Å². The van der Waals surface area contributed by atoms with E-state index in [0.29, 0.717) is 17.8 Å². The van der Waals surface area contributed by atoms with Crippen LogP contribution in [-0.4, -0.2) is 33.5 Å². The molecule has 1 aliphatic heterocycles. The molecule has 0 radical (unpaired) electrons. The van der Waals surface area contributed by atoms with Gasteiger partial charge in [-0.2, -0.15) is 0 Å². The first kappa shape index (κ1) is 21.2. The molecule has 27 heavy (non-hydrogen) atoms. The second kappa shape index (κ2) is 9.21. The average molecular weight is 410 g/mol. The number of amides is 1. The molecule has 3 N–H and O–H groups in total. The molecule has 2 aromatic carbocycles. The minimum atomic E-state index is -3.76. The zero-order valence-electron chi connectivity index (χ0n) is 15.1. The van der Waals surface area contributed by atoms with E-state index in [9.17, 15) is 13.2 Å². The Bertz CT molecular complexity index is 897. The molecule has 2 aromatic rings. The molecular formula is C19H24ClN3O3S. The lowest BCUT2D eigenvalue weighted by molar-refractivity contribution is 0.0950. The van der Waals surface area contributed by atoms with Gasteiger partial charge in [0.2, 0.25) is 0 Å². The van der Waals surface area contributed by atoms with Gasteiger partial charge >= 0.3 is 0 Å². The van der Waals surface area contributed by atoms with Crippen molar-refractivity contribution in [1.82, 2.24) is 10.6 Å². The van der Waals surface area contributed by atoms with Crippen molar-refractivity contribution in [2.75, 3.05) is 17.8 Å². The molecule has 0 aromatic heterocycles. The lowest BCUT2D eigenvalue weighted by Gasteiger charge is -2.12. The summed E-state index contributed by atoms with van der Waals surface area (Å²) < 4.78 is 27.8. The van der Waals surface area contributed by atoms with Gasteiger partial charge < -0.3 is 10.6 Å². The highest BCUT2D eigenvalue weighted by molar-refractivity contribution is 7.92. The van der Waals surface area contributed by atoms with Gasteiger partial charge in [-0.25, -0.2) is 8.42 Å². The van der Waals surface area contributed by atoms with Crippen LogP contribution >= 0.6 is 12.4 Å². The van der Waals surface area contributed by atoms with Gasteiger partial charge in [-0.15, -0.1) is 12.4 Å². The summed E-state index contributed by atoms with van der Waals surface area (Å²) >= 11 is 0. The van der Waals surface area contributed by atoms with Gasteiger partial charge in [0.05, 0.1) is 4.90 Å². The second-order valence-corrected chi connectivity index (χ2v) is 8.19. The van der Waals surface area contributed by atoms with Gasteiger partial charge in [0.15, 0.2) is 0 Å². The van der Waals surface area contributed by atoms with Crippen LogP contribution in [0.25, 0.3) is 0 Å². The number of sulfonamides is 1. The van der Waals surface area contributed by atoms with Crippen molar-refractivity contribution in [2.45, 2.75) is 30.7 Å². The number of carbonyl (C=O) groups is 1. The summed E-state index contributed by atoms with van der Waals surface area (Å²) in [6.45, 7) is 3.40. The summed E-state index contributed by atoms with van der Waals surface area (Å²) in [5.74, 6) is -0.272. The fourth-order valence-electron chi connectivity index (χ4n) is 2.98. The molecule has 0 spiro atoms. The number of halogens is 1. The predicted octanol–water partition coefficient (Wildman–Crippen LogP) is 2.70. The average Bonchev–Trinajstić information content (AvgIpc) is 3.13. The molecule has 3 rings (SSSR count). The molecule has 0 bridgehead atoms. The number of hydrogen-bond acceptors (Lipinski definition) is 4. The van der Waals surface area contributed by atoms with Crippen LogP contribution < -0.4 is 15.4 Å². The Hall–Kier alpha value is -2.09. The Morgan fingerprint density at radius 1 is 1.19 bits per heavy atom. The summed E-state index contributed by atoms with van der Waals surface area (Å²) in [4.78, 5) is 12.4. The van der Waals surface area contributed by atoms with Gasteiger partial charge in [-0.05, 0) is 62.2 Å². The zero-order chi connectivity index (χ0) is 18.6. The SMILES string of the molecule is Cc1cccc(NS(=O)(=O)c2cccc(C(=O)NCC3CCCN3)c2)c1.Cl. The predicted molar refractivity (Wildman–Crippen MR) is 109 cm³/mol. The van der Waals surface area contributed by atoms with E-state index in [1.165, 1.54) is 12.1 Å². The Morgan fingerprint density at radius 3 is 2.67 bits per heavy atom. The molecular weight excluding hydrogens is 386 g/mol. The molecule has 1 unspecified atom stereocenters. The van der Waals surface area contributed by atoms with E-state index in [4.69, 9.17) is 0 Å². The van der Waals surface area contributed by atoms with E-state index in [-0.39, 0.29) is 29.3 Å². The van der Waals surface area contributed by atoms with Crippen molar-refractivity contribution in [3.05, 3.63) is 59.7 Å².